The van der Waals surface area contributed by atoms with Crippen LogP contribution in [0.3, 0.4) is 0 Å². The number of aliphatic hydroxyl groups is 2. The molecule has 4 fully saturated rings. The molecular formula is C50H50N8Na2O14S2. The van der Waals surface area contributed by atoms with E-state index in [4.69, 9.17) is 0 Å². The molecule has 22 nitrogen and oxygen atoms in total. The summed E-state index contributed by atoms with van der Waals surface area (Å²) in [5.41, 5.74) is 0.977. The summed E-state index contributed by atoms with van der Waals surface area (Å²) >= 11 is 2.63. The first-order chi connectivity index (χ1) is 35.2. The van der Waals surface area contributed by atoms with E-state index >= 15 is 0 Å². The summed E-state index contributed by atoms with van der Waals surface area (Å²) in [5.74, 6) is -8.60. The third kappa shape index (κ3) is 10.9. The van der Waals surface area contributed by atoms with Crippen LogP contribution in [-0.2, 0) is 28.8 Å². The Morgan fingerprint density at radius 3 is 1.36 bits per heavy atom. The molecule has 6 aliphatic heterocycles. The van der Waals surface area contributed by atoms with E-state index in [-0.39, 0.29) is 116 Å². The van der Waals surface area contributed by atoms with Gasteiger partial charge in [0, 0.05) is 79.8 Å². The molecule has 0 bridgehead atoms. The van der Waals surface area contributed by atoms with E-state index in [1.807, 2.05) is 13.8 Å². The number of nitrogens with one attached hydrogen (secondary N) is 4. The van der Waals surface area contributed by atoms with Gasteiger partial charge in [-0.1, -0.05) is 26.0 Å². The van der Waals surface area contributed by atoms with Crippen LogP contribution in [0.25, 0.3) is 21.8 Å². The largest absolute Gasteiger partial charge is 1.00 e. The second kappa shape index (κ2) is 23.6. The minimum atomic E-state index is -1.44. The molecule has 10 rings (SSSR count). The van der Waals surface area contributed by atoms with Crippen molar-refractivity contribution in [3.05, 3.63) is 93.3 Å². The number of amides is 4. The van der Waals surface area contributed by atoms with Crippen molar-refractivity contribution in [3.8, 4) is 0 Å². The van der Waals surface area contributed by atoms with Crippen molar-refractivity contribution in [1.29, 1.82) is 0 Å². The summed E-state index contributed by atoms with van der Waals surface area (Å²) in [6.45, 7) is 7.56. The molecule has 2 aromatic carbocycles. The number of benzene rings is 2. The molecule has 8 N–H and O–H groups in total. The fourth-order valence-electron chi connectivity index (χ4n) is 11.0. The quantitative estimate of drug-likeness (QED) is 0.0431. The van der Waals surface area contributed by atoms with Crippen molar-refractivity contribution in [2.45, 2.75) is 87.4 Å². The smallest absolute Gasteiger partial charge is 0.543 e. The zero-order valence-electron chi connectivity index (χ0n) is 42.0. The van der Waals surface area contributed by atoms with Gasteiger partial charge in [-0.15, -0.1) is 23.5 Å². The van der Waals surface area contributed by atoms with Gasteiger partial charge in [0.15, 0.2) is 0 Å². The monoisotopic (exact) mass is 1100 g/mol. The number of aromatic nitrogens is 2. The summed E-state index contributed by atoms with van der Waals surface area (Å²) in [7, 11) is 0. The summed E-state index contributed by atoms with van der Waals surface area (Å²) in [4.78, 5) is 110. The van der Waals surface area contributed by atoms with Crippen molar-refractivity contribution in [1.82, 2.24) is 30.4 Å². The summed E-state index contributed by atoms with van der Waals surface area (Å²) in [5, 5.41) is 75.7. The molecule has 0 spiro atoms. The number of nitrogens with zero attached hydrogens (tertiary/aromatic N) is 4. The average Bonchev–Trinajstić information content (AvgIpc) is 4.16. The molecule has 4 amide bonds. The van der Waals surface area contributed by atoms with Crippen LogP contribution in [0.2, 0.25) is 0 Å². The van der Waals surface area contributed by atoms with Gasteiger partial charge in [0.25, 0.3) is 0 Å². The standard InChI is InChI=1S/2C25H26N4O7S.2Na/c2*1-10-19-17(11(2)30)23(32)29(19)20(25(35)36)21(10)37-14-8-16(27-9-14)22(31)28-13-6-12-4-3-5-26-18(12)15(7-13)24(33)34;;/h2*3-7,10-11,14,16-17,19,27,30H,8-9H2,1-2H3,(H,28,31)(H,33,34)(H,35,36);;/q;;2*+1/p-2/t2*10?,11?,14?,16?,17?,19-;;/m11../s1. The second-order valence-corrected chi connectivity index (χ2v) is 21.9. The Kier molecular flexibility index (Phi) is 18.2. The summed E-state index contributed by atoms with van der Waals surface area (Å²) in [6.07, 6.45) is 2.01. The fourth-order valence-corrected chi connectivity index (χ4v) is 13.9. The molecule has 0 radical (unpaired) electrons. The van der Waals surface area contributed by atoms with Gasteiger partial charge < -0.3 is 71.3 Å². The number of hydrogen-bond acceptors (Lipinski definition) is 18. The van der Waals surface area contributed by atoms with Crippen LogP contribution >= 0.6 is 23.5 Å². The third-order valence-corrected chi connectivity index (χ3v) is 17.4. The topological polar surface area (TPSA) is 344 Å². The number of hydrogen-bond donors (Lipinski definition) is 8. The van der Waals surface area contributed by atoms with Crippen molar-refractivity contribution in [3.63, 3.8) is 0 Å². The van der Waals surface area contributed by atoms with Crippen molar-refractivity contribution >= 4 is 104 Å². The minimum Gasteiger partial charge on any atom is -0.543 e. The summed E-state index contributed by atoms with van der Waals surface area (Å²) in [6, 6.07) is 10.8. The molecule has 4 saturated heterocycles. The second-order valence-electron chi connectivity index (χ2n) is 19.2. The maximum Gasteiger partial charge on any atom is 1.00 e. The van der Waals surface area contributed by atoms with Gasteiger partial charge in [-0.3, -0.25) is 29.1 Å². The Hall–Kier alpha value is -4.96. The molecule has 10 unspecified atom stereocenters. The van der Waals surface area contributed by atoms with Crippen LogP contribution < -0.4 is 90.6 Å². The van der Waals surface area contributed by atoms with Gasteiger partial charge in [-0.25, -0.2) is 9.59 Å². The van der Waals surface area contributed by atoms with Crippen LogP contribution in [-0.4, -0.2) is 148 Å². The predicted octanol–water partition coefficient (Wildman–Crippen LogP) is -5.68. The number of carboxylic acid groups (broad SMARTS) is 4. The first kappa shape index (κ1) is 58.7. The van der Waals surface area contributed by atoms with Gasteiger partial charge in [-0.2, -0.15) is 0 Å². The SMILES string of the molecule is CC(O)C1C(=O)N2C(C(=O)[O-])=C(SC3CNC(C(=O)Nc4cc(C(=O)O)c5ncccc5c4)C3)C(C)[C@H]12.CC(O)C1C(=O)N2C(C(=O)[O-])=C(SC3CNC(C(=O)Nc4cc(C(=O)O)c5ncccc5c4)C3)C(C)[C@H]12.[Na+].[Na+]. The molecule has 2 aromatic heterocycles. The van der Waals surface area contributed by atoms with E-state index in [0.29, 0.717) is 68.9 Å². The van der Waals surface area contributed by atoms with Crippen LogP contribution in [0.4, 0.5) is 11.4 Å². The van der Waals surface area contributed by atoms with Crippen LogP contribution in [0, 0.1) is 23.7 Å². The van der Waals surface area contributed by atoms with E-state index < -0.39 is 83.9 Å². The average molecular weight is 1100 g/mol. The third-order valence-electron chi connectivity index (χ3n) is 14.4. The number of thioether (sulfide) groups is 2. The van der Waals surface area contributed by atoms with Crippen molar-refractivity contribution < 1.29 is 128 Å². The van der Waals surface area contributed by atoms with Gasteiger partial charge in [0.05, 0.1) is 93.7 Å². The van der Waals surface area contributed by atoms with Crippen LogP contribution in [0.5, 0.6) is 0 Å². The van der Waals surface area contributed by atoms with Crippen molar-refractivity contribution in [2.75, 3.05) is 23.7 Å². The number of carbonyl (C=O) groups is 8. The number of pyridine rings is 2. The molecular weight excluding hydrogens is 1050 g/mol. The number of fused-ring (bicyclic) bond motifs is 4. The fraction of sp³-hybridized carbons (Fsp3) is 0.400. The van der Waals surface area contributed by atoms with E-state index in [2.05, 4.69) is 31.2 Å². The van der Waals surface area contributed by atoms with Crippen molar-refractivity contribution in [2.24, 2.45) is 23.7 Å². The molecule has 8 heterocycles. The maximum absolute atomic E-state index is 13.0. The first-order valence-electron chi connectivity index (χ1n) is 23.8. The molecule has 0 aliphatic carbocycles. The normalized spacial score (nSPS) is 27.0. The molecule has 6 aliphatic rings. The number of aliphatic carboxylic acids is 2. The minimum absolute atomic E-state index is 0. The Morgan fingerprint density at radius 2 is 1.03 bits per heavy atom. The van der Waals surface area contributed by atoms with Gasteiger partial charge in [0.1, 0.15) is 0 Å². The number of rotatable bonds is 14. The van der Waals surface area contributed by atoms with Crippen LogP contribution in [0.15, 0.2) is 82.1 Å². The zero-order valence-corrected chi connectivity index (χ0v) is 47.6. The Labute approximate surface area is 486 Å². The number of carboxylic acids is 4. The van der Waals surface area contributed by atoms with Gasteiger partial charge >= 0.3 is 71.1 Å². The Balaban J connectivity index is 0.000000216. The number of aliphatic hydroxyl groups excluding tert-OH is 2. The molecule has 76 heavy (non-hydrogen) atoms. The Bertz CT molecular complexity index is 2940. The molecule has 12 atom stereocenters. The predicted molar refractivity (Wildman–Crippen MR) is 264 cm³/mol. The van der Waals surface area contributed by atoms with E-state index in [1.54, 1.807) is 36.4 Å². The van der Waals surface area contributed by atoms with Crippen LogP contribution in [0.1, 0.15) is 61.3 Å². The number of carbonyl (C=O) groups excluding carboxylic acids is 6. The summed E-state index contributed by atoms with van der Waals surface area (Å²) < 4.78 is 0. The first-order valence-corrected chi connectivity index (χ1v) is 25.5. The van der Waals surface area contributed by atoms with E-state index in [9.17, 15) is 69.0 Å². The van der Waals surface area contributed by atoms with Gasteiger partial charge in [-0.05, 0) is 63.1 Å². The molecule has 0 saturated carbocycles. The van der Waals surface area contributed by atoms with E-state index in [1.165, 1.54) is 71.7 Å². The number of anilines is 2. The number of aromatic carboxylic acids is 2. The van der Waals surface area contributed by atoms with E-state index in [0.717, 1.165) is 0 Å². The van der Waals surface area contributed by atoms with Gasteiger partial charge in [0.2, 0.25) is 23.6 Å². The number of β-lactam (4-membered cyclic amide) rings is 2. The Morgan fingerprint density at radius 1 is 0.658 bits per heavy atom. The maximum atomic E-state index is 13.0. The molecule has 26 heteroatoms. The molecule has 388 valence electrons. The zero-order chi connectivity index (χ0) is 53.2. The molecule has 4 aromatic rings.